The third-order valence-electron chi connectivity index (χ3n) is 24.4. The summed E-state index contributed by atoms with van der Waals surface area (Å²) in [5.41, 5.74) is 6.28. The topological polar surface area (TPSA) is 157 Å². The van der Waals surface area contributed by atoms with Crippen LogP contribution in [0, 0.1) is 27.1 Å². The molecule has 14 heteroatoms. The maximum Gasteiger partial charge on any atom is 0.0971 e. The molecule has 20 aliphatic rings. The Morgan fingerprint density at radius 1 is 0.235 bits per heavy atom. The van der Waals surface area contributed by atoms with Gasteiger partial charge in [0.15, 0.2) is 0 Å². The number of hydrogen-bond acceptors (Lipinski definition) is 14. The van der Waals surface area contributed by atoms with Crippen LogP contribution < -0.4 is 53.2 Å². The van der Waals surface area contributed by atoms with Crippen molar-refractivity contribution in [3.8, 4) is 0 Å². The van der Waals surface area contributed by atoms with E-state index in [4.69, 9.17) is 18.9 Å². The maximum absolute atomic E-state index is 5.74. The van der Waals surface area contributed by atoms with Crippen LogP contribution in [-0.2, 0) is 18.9 Å². The summed E-state index contributed by atoms with van der Waals surface area (Å²) in [4.78, 5) is 0. The first-order valence-electron chi connectivity index (χ1n) is 34.8. The molecule has 0 aromatic heterocycles. The van der Waals surface area contributed by atoms with Crippen LogP contribution in [0.15, 0.2) is 0 Å². The van der Waals surface area contributed by atoms with E-state index in [1.165, 1.54) is 310 Å². The van der Waals surface area contributed by atoms with E-state index >= 15 is 0 Å². The molecular weight excluding hydrogens is 1010 g/mol. The van der Waals surface area contributed by atoms with Crippen LogP contribution in [0.3, 0.4) is 0 Å². The third-order valence-corrected chi connectivity index (χ3v) is 24.4. The van der Waals surface area contributed by atoms with E-state index in [0.29, 0.717) is 33.2 Å². The van der Waals surface area contributed by atoms with E-state index in [2.05, 4.69) is 53.2 Å². The Morgan fingerprint density at radius 2 is 0.630 bits per heavy atom. The van der Waals surface area contributed by atoms with Crippen molar-refractivity contribution in [2.45, 2.75) is 254 Å². The highest BCUT2D eigenvalue weighted by atomic mass is 16.5. The minimum absolute atomic E-state index is 0. The Kier molecular flexibility index (Phi) is 22.9. The summed E-state index contributed by atoms with van der Waals surface area (Å²) >= 11 is 0. The second-order valence-corrected chi connectivity index (χ2v) is 30.7. The second kappa shape index (κ2) is 29.2. The molecule has 14 nitrogen and oxygen atoms in total. The third kappa shape index (κ3) is 17.0. The van der Waals surface area contributed by atoms with Gasteiger partial charge in [-0.15, -0.1) is 0 Å². The first-order chi connectivity index (χ1) is 39.1. The minimum Gasteiger partial charge on any atom is -0.381 e. The average Bonchev–Trinajstić information content (AvgIpc) is 4.08. The van der Waals surface area contributed by atoms with Crippen molar-refractivity contribution in [3.63, 3.8) is 0 Å². The van der Waals surface area contributed by atoms with Gasteiger partial charge < -0.3 is 66.8 Å². The van der Waals surface area contributed by atoms with Gasteiger partial charge in [-0.25, -0.2) is 0 Å². The van der Waals surface area contributed by atoms with Gasteiger partial charge in [-0.2, -0.15) is 0 Å². The number of piperidine rings is 1. The zero-order valence-electron chi connectivity index (χ0n) is 51.2. The molecule has 0 bridgehead atoms. The Bertz CT molecular complexity index is 1560. The molecule has 0 aromatic carbocycles. The van der Waals surface area contributed by atoms with Crippen LogP contribution in [0.25, 0.3) is 0 Å². The molecule has 468 valence electrons. The van der Waals surface area contributed by atoms with Crippen molar-refractivity contribution in [3.05, 3.63) is 0 Å². The lowest BCUT2D eigenvalue weighted by Gasteiger charge is -2.50. The monoisotopic (exact) mass is 1130 g/mol. The molecule has 7 saturated carbocycles. The van der Waals surface area contributed by atoms with Crippen LogP contribution in [-0.4, -0.2) is 172 Å². The Morgan fingerprint density at radius 3 is 0.889 bits per heavy atom. The Hall–Kier alpha value is -0.560. The standard InChI is InChI=1S/C8H15NO.C8H14O.C7H13NO.C7H13N.C7H12O.C6H12N2.3C6H11N.C5H10N2.CH4/c1-2-8(10-7-1)3-5-9-6-4-8;1-3-8(4-1)5-2-6-9-7-8;1-2-4-7(3-1)5-9-6-8-7;1-2-4-7(3-1)5-8-6-7;1-2-6-8-7(3-1)4-5-7;1-2-6(8-3-1)4-7-5-6;3*1-2-6(3-1)4-7-5-6;1-2-7-5(1)3-6-4-5;/h9H,1-7H2;1-7H2;8H,1-6H2;8H,1-6H2;1-6H2;7-8H,1-5H2;3*7H,1-5H2;6-7H,1-4H2;1H4. The molecule has 81 heavy (non-hydrogen) atoms. The van der Waals surface area contributed by atoms with Crippen LogP contribution in [0.2, 0.25) is 0 Å². The lowest BCUT2D eigenvalue weighted by Crippen LogP contribution is -2.74. The van der Waals surface area contributed by atoms with Crippen molar-refractivity contribution in [1.29, 1.82) is 0 Å². The molecule has 10 N–H and O–H groups in total. The maximum atomic E-state index is 5.74. The van der Waals surface area contributed by atoms with E-state index in [1.54, 1.807) is 0 Å². The molecular formula is C67H126N10O4. The smallest absolute Gasteiger partial charge is 0.0971 e. The number of rotatable bonds is 0. The largest absolute Gasteiger partial charge is 0.381 e. The molecule has 20 fully saturated rings. The van der Waals surface area contributed by atoms with Gasteiger partial charge in [-0.05, 0) is 220 Å². The zero-order valence-corrected chi connectivity index (χ0v) is 51.2. The van der Waals surface area contributed by atoms with Gasteiger partial charge in [-0.3, -0.25) is 5.32 Å². The fraction of sp³-hybridized carbons (Fsp3) is 1.00. The highest BCUT2D eigenvalue weighted by molar-refractivity contribution is 5.07. The second-order valence-electron chi connectivity index (χ2n) is 30.7. The van der Waals surface area contributed by atoms with E-state index in [-0.39, 0.29) is 7.43 Å². The lowest BCUT2D eigenvalue weighted by atomic mass is 9.65. The number of nitrogens with one attached hydrogen (secondary N) is 10. The molecule has 7 aliphatic carbocycles. The van der Waals surface area contributed by atoms with Crippen molar-refractivity contribution in [1.82, 2.24) is 53.2 Å². The summed E-state index contributed by atoms with van der Waals surface area (Å²) in [6, 6.07) is 0. The van der Waals surface area contributed by atoms with Crippen molar-refractivity contribution >= 4 is 0 Å². The van der Waals surface area contributed by atoms with Crippen LogP contribution in [0.4, 0.5) is 0 Å². The highest BCUT2D eigenvalue weighted by Crippen LogP contribution is 2.48. The Labute approximate surface area is 495 Å². The average molecular weight is 1140 g/mol. The van der Waals surface area contributed by atoms with Crippen molar-refractivity contribution < 1.29 is 18.9 Å². The van der Waals surface area contributed by atoms with Crippen molar-refractivity contribution in [2.75, 3.05) is 144 Å². The van der Waals surface area contributed by atoms with Crippen molar-refractivity contribution in [2.24, 2.45) is 27.1 Å². The minimum atomic E-state index is 0. The quantitative estimate of drug-likeness (QED) is 0.113. The molecule has 13 saturated heterocycles. The molecule has 0 amide bonds. The number of hydrogen-bond donors (Lipinski definition) is 10. The first-order valence-corrected chi connectivity index (χ1v) is 34.8. The molecule has 0 radical (unpaired) electrons. The van der Waals surface area contributed by atoms with Gasteiger partial charge in [-0.1, -0.05) is 58.8 Å². The van der Waals surface area contributed by atoms with Crippen LogP contribution in [0.1, 0.15) is 226 Å². The molecule has 0 unspecified atom stereocenters. The predicted molar refractivity (Wildman–Crippen MR) is 332 cm³/mol. The first kappa shape index (κ1) is 63.5. The van der Waals surface area contributed by atoms with Crippen LogP contribution >= 0.6 is 0 Å². The van der Waals surface area contributed by atoms with Gasteiger partial charge in [0.1, 0.15) is 0 Å². The molecule has 13 heterocycles. The summed E-state index contributed by atoms with van der Waals surface area (Å²) in [5.74, 6) is 0. The van der Waals surface area contributed by atoms with E-state index in [1.807, 2.05) is 0 Å². The molecule has 13 aliphatic heterocycles. The summed E-state index contributed by atoms with van der Waals surface area (Å²) in [6.07, 6.45) is 47.8. The fourth-order valence-corrected chi connectivity index (χ4v) is 16.6. The highest BCUT2D eigenvalue weighted by Gasteiger charge is 2.47. The van der Waals surface area contributed by atoms with Crippen LogP contribution in [0.5, 0.6) is 0 Å². The van der Waals surface area contributed by atoms with Gasteiger partial charge in [0, 0.05) is 115 Å². The van der Waals surface area contributed by atoms with Gasteiger partial charge in [0.05, 0.1) is 31.1 Å². The van der Waals surface area contributed by atoms with Gasteiger partial charge in [0.2, 0.25) is 0 Å². The zero-order chi connectivity index (χ0) is 54.5. The normalized spacial score (nSPS) is 32.6. The summed E-state index contributed by atoms with van der Waals surface area (Å²) in [7, 11) is 0. The molecule has 0 aromatic rings. The van der Waals surface area contributed by atoms with Gasteiger partial charge >= 0.3 is 0 Å². The molecule has 10 spiro atoms. The fourth-order valence-electron chi connectivity index (χ4n) is 16.6. The summed E-state index contributed by atoms with van der Waals surface area (Å²) in [5, 5.41) is 33.4. The molecule has 0 atom stereocenters. The van der Waals surface area contributed by atoms with E-state index in [0.717, 1.165) is 74.5 Å². The lowest BCUT2D eigenvalue weighted by molar-refractivity contribution is -0.0525. The predicted octanol–water partition coefficient (Wildman–Crippen LogP) is 8.58. The van der Waals surface area contributed by atoms with Gasteiger partial charge in [0.25, 0.3) is 0 Å². The summed E-state index contributed by atoms with van der Waals surface area (Å²) < 4.78 is 22.0. The SMILES string of the molecule is C.C1CC2(C1)CNC2.C1CC2(C1)CNC2.C1CC2(C1)CNC2.C1CC2(CNC2)N1.C1CCC2(C1)CNC2.C1CCC2(C1)COCN2.C1CCC2(CC2)OC1.C1CNC2(C1)CNC2.C1COC2(C1)CCNCC2.C1COCC2(C1)CCC2. The number of ether oxygens (including phenoxy) is 4. The van der Waals surface area contributed by atoms with E-state index < -0.39 is 0 Å². The summed E-state index contributed by atoms with van der Waals surface area (Å²) in [6.45, 7) is 25.9. The Balaban J connectivity index is 0.000000101. The molecule has 20 rings (SSSR count). The van der Waals surface area contributed by atoms with E-state index in [9.17, 15) is 0 Å².